The first kappa shape index (κ1) is 8.35. The lowest BCUT2D eigenvalue weighted by Gasteiger charge is -2.05. The van der Waals surface area contributed by atoms with Gasteiger partial charge in [0.1, 0.15) is 12.9 Å². The maximum absolute atomic E-state index is 11.5. The lowest BCUT2D eigenvalue weighted by Crippen LogP contribution is -2.00. The maximum atomic E-state index is 11.5. The molecule has 0 amide bonds. The van der Waals surface area contributed by atoms with Crippen LogP contribution in [0.2, 0.25) is 0 Å². The topological polar surface area (TPSA) is 37.3 Å². The van der Waals surface area contributed by atoms with E-state index in [1.807, 2.05) is 0 Å². The minimum atomic E-state index is -2.21. The molecule has 2 nitrogen and oxygen atoms in total. The standard InChI is InChI=1S/C8H11O2P/c1-11(2,10)8-5-3-4-7(9)6-8/h3-6,9H,1-2H3. The first-order valence-electron chi connectivity index (χ1n) is 3.35. The highest BCUT2D eigenvalue weighted by Crippen LogP contribution is 2.35. The number of hydrogen-bond donors (Lipinski definition) is 1. The Labute approximate surface area is 66.2 Å². The lowest BCUT2D eigenvalue weighted by molar-refractivity contribution is 0.475. The quantitative estimate of drug-likeness (QED) is 0.650. The predicted octanol–water partition coefficient (Wildman–Crippen LogP) is 1.64. The van der Waals surface area contributed by atoms with Gasteiger partial charge in [0.25, 0.3) is 0 Å². The van der Waals surface area contributed by atoms with Gasteiger partial charge in [-0.05, 0) is 25.5 Å². The molecule has 1 rings (SSSR count). The average molecular weight is 170 g/mol. The van der Waals surface area contributed by atoms with E-state index in [4.69, 9.17) is 5.11 Å². The number of aromatic hydroxyl groups is 1. The second kappa shape index (κ2) is 2.71. The molecule has 0 radical (unpaired) electrons. The van der Waals surface area contributed by atoms with Crippen LogP contribution in [0.15, 0.2) is 24.3 Å². The van der Waals surface area contributed by atoms with Gasteiger partial charge in [0.2, 0.25) is 0 Å². The predicted molar refractivity (Wildman–Crippen MR) is 47.2 cm³/mol. The monoisotopic (exact) mass is 170 g/mol. The van der Waals surface area contributed by atoms with E-state index in [1.165, 1.54) is 0 Å². The number of benzene rings is 1. The molecule has 0 aliphatic heterocycles. The largest absolute Gasteiger partial charge is 0.508 e. The maximum Gasteiger partial charge on any atom is 0.116 e. The summed E-state index contributed by atoms with van der Waals surface area (Å²) >= 11 is 0. The SMILES string of the molecule is CP(C)(=O)c1cccc(O)c1. The minimum absolute atomic E-state index is 0.173. The molecule has 0 fully saturated rings. The van der Waals surface area contributed by atoms with Gasteiger partial charge in [-0.25, -0.2) is 0 Å². The molecule has 60 valence electrons. The number of phenolic OH excluding ortho intramolecular Hbond substituents is 1. The first-order chi connectivity index (χ1) is 5.00. The van der Waals surface area contributed by atoms with Gasteiger partial charge in [-0.15, -0.1) is 0 Å². The zero-order valence-corrected chi connectivity index (χ0v) is 7.51. The van der Waals surface area contributed by atoms with Gasteiger partial charge in [0.15, 0.2) is 0 Å². The molecule has 1 aromatic carbocycles. The molecular formula is C8H11O2P. The number of hydrogen-bond acceptors (Lipinski definition) is 2. The van der Waals surface area contributed by atoms with Crippen LogP contribution in [0.3, 0.4) is 0 Å². The Bertz CT molecular complexity index is 301. The van der Waals surface area contributed by atoms with Gasteiger partial charge in [-0.2, -0.15) is 0 Å². The van der Waals surface area contributed by atoms with E-state index in [1.54, 1.807) is 37.6 Å². The molecule has 1 N–H and O–H groups in total. The van der Waals surface area contributed by atoms with E-state index in [9.17, 15) is 4.57 Å². The van der Waals surface area contributed by atoms with Crippen molar-refractivity contribution in [3.05, 3.63) is 24.3 Å². The smallest absolute Gasteiger partial charge is 0.116 e. The van der Waals surface area contributed by atoms with Crippen LogP contribution in [0.1, 0.15) is 0 Å². The summed E-state index contributed by atoms with van der Waals surface area (Å²) < 4.78 is 11.5. The summed E-state index contributed by atoms with van der Waals surface area (Å²) in [5.41, 5.74) is 0. The summed E-state index contributed by atoms with van der Waals surface area (Å²) in [6, 6.07) is 6.57. The third-order valence-corrected chi connectivity index (χ3v) is 2.97. The normalized spacial score (nSPS) is 11.5. The van der Waals surface area contributed by atoms with Crippen molar-refractivity contribution < 1.29 is 9.67 Å². The molecule has 0 atom stereocenters. The fraction of sp³-hybridized carbons (Fsp3) is 0.250. The number of phenols is 1. The third kappa shape index (κ3) is 2.09. The molecule has 1 aromatic rings. The van der Waals surface area contributed by atoms with Crippen LogP contribution in [-0.2, 0) is 4.57 Å². The minimum Gasteiger partial charge on any atom is -0.508 e. The van der Waals surface area contributed by atoms with Crippen LogP contribution >= 0.6 is 7.14 Å². The van der Waals surface area contributed by atoms with Gasteiger partial charge < -0.3 is 9.67 Å². The second-order valence-corrected chi connectivity index (χ2v) is 6.09. The van der Waals surface area contributed by atoms with Gasteiger partial charge in [0, 0.05) is 5.30 Å². The van der Waals surface area contributed by atoms with Crippen LogP contribution in [0.4, 0.5) is 0 Å². The van der Waals surface area contributed by atoms with Crippen molar-refractivity contribution in [1.29, 1.82) is 0 Å². The van der Waals surface area contributed by atoms with Crippen molar-refractivity contribution in [1.82, 2.24) is 0 Å². The summed E-state index contributed by atoms with van der Waals surface area (Å²) in [6.07, 6.45) is 0. The molecule has 11 heavy (non-hydrogen) atoms. The Morgan fingerprint density at radius 1 is 1.36 bits per heavy atom. The van der Waals surface area contributed by atoms with Gasteiger partial charge in [0.05, 0.1) is 0 Å². The molecule has 0 saturated carbocycles. The summed E-state index contributed by atoms with van der Waals surface area (Å²) in [7, 11) is -2.21. The van der Waals surface area contributed by atoms with Crippen molar-refractivity contribution >= 4 is 12.4 Å². The molecule has 0 aromatic heterocycles. The van der Waals surface area contributed by atoms with Crippen LogP contribution in [0, 0.1) is 0 Å². The van der Waals surface area contributed by atoms with Gasteiger partial charge >= 0.3 is 0 Å². The zero-order chi connectivity index (χ0) is 8.48. The van der Waals surface area contributed by atoms with Crippen molar-refractivity contribution in [2.45, 2.75) is 0 Å². The molecular weight excluding hydrogens is 159 g/mol. The summed E-state index contributed by atoms with van der Waals surface area (Å²) in [5.74, 6) is 0.173. The summed E-state index contributed by atoms with van der Waals surface area (Å²) in [6.45, 7) is 3.36. The van der Waals surface area contributed by atoms with E-state index < -0.39 is 7.14 Å². The number of rotatable bonds is 1. The van der Waals surface area contributed by atoms with Gasteiger partial charge in [-0.3, -0.25) is 0 Å². The molecule has 0 heterocycles. The zero-order valence-electron chi connectivity index (χ0n) is 6.61. The highest BCUT2D eigenvalue weighted by atomic mass is 31.2. The fourth-order valence-electron chi connectivity index (χ4n) is 0.828. The molecule has 3 heteroatoms. The lowest BCUT2D eigenvalue weighted by atomic mass is 10.3. The van der Waals surface area contributed by atoms with Gasteiger partial charge in [-0.1, -0.05) is 12.1 Å². The van der Waals surface area contributed by atoms with Crippen molar-refractivity contribution in [2.24, 2.45) is 0 Å². The van der Waals surface area contributed by atoms with Crippen LogP contribution in [0.25, 0.3) is 0 Å². The summed E-state index contributed by atoms with van der Waals surface area (Å²) in [4.78, 5) is 0. The Hall–Kier alpha value is -0.750. The van der Waals surface area contributed by atoms with E-state index in [-0.39, 0.29) is 5.75 Å². The van der Waals surface area contributed by atoms with Crippen molar-refractivity contribution in [3.8, 4) is 5.75 Å². The molecule has 0 unspecified atom stereocenters. The Kier molecular flexibility index (Phi) is 2.05. The Morgan fingerprint density at radius 2 is 2.00 bits per heavy atom. The van der Waals surface area contributed by atoms with E-state index in [2.05, 4.69) is 0 Å². The fourth-order valence-corrected chi connectivity index (χ4v) is 1.72. The van der Waals surface area contributed by atoms with Crippen LogP contribution in [0.5, 0.6) is 5.75 Å². The second-order valence-electron chi connectivity index (χ2n) is 2.87. The van der Waals surface area contributed by atoms with E-state index >= 15 is 0 Å². The molecule has 0 aliphatic rings. The highest BCUT2D eigenvalue weighted by Gasteiger charge is 2.10. The van der Waals surface area contributed by atoms with Crippen LogP contribution in [-0.4, -0.2) is 18.4 Å². The highest BCUT2D eigenvalue weighted by molar-refractivity contribution is 7.70. The molecule has 0 saturated heterocycles. The Morgan fingerprint density at radius 3 is 2.36 bits per heavy atom. The molecule has 0 aliphatic carbocycles. The van der Waals surface area contributed by atoms with E-state index in [0.717, 1.165) is 5.30 Å². The van der Waals surface area contributed by atoms with E-state index in [0.29, 0.717) is 0 Å². The van der Waals surface area contributed by atoms with Crippen molar-refractivity contribution in [2.75, 3.05) is 13.3 Å². The molecule has 0 spiro atoms. The Balaban J connectivity index is 3.17. The van der Waals surface area contributed by atoms with Crippen molar-refractivity contribution in [3.63, 3.8) is 0 Å². The molecule has 0 bridgehead atoms. The third-order valence-electron chi connectivity index (χ3n) is 1.45. The first-order valence-corrected chi connectivity index (χ1v) is 5.95. The van der Waals surface area contributed by atoms with Crippen LogP contribution < -0.4 is 5.30 Å². The summed E-state index contributed by atoms with van der Waals surface area (Å²) in [5, 5.41) is 9.78. The average Bonchev–Trinajstić information content (AvgIpc) is 1.86.